The molecule has 0 radical (unpaired) electrons. The lowest BCUT2D eigenvalue weighted by atomic mass is 10.1. The lowest BCUT2D eigenvalue weighted by molar-refractivity contribution is -0.125. The molecule has 3 rings (SSSR count). The second kappa shape index (κ2) is 8.01. The van der Waals surface area contributed by atoms with E-state index in [2.05, 4.69) is 5.32 Å². The van der Waals surface area contributed by atoms with Crippen LogP contribution in [0.3, 0.4) is 0 Å². The highest BCUT2D eigenvalue weighted by Gasteiger charge is 2.31. The number of anilines is 2. The minimum atomic E-state index is -0.571. The van der Waals surface area contributed by atoms with E-state index in [1.165, 1.54) is 0 Å². The number of halogens is 1. The van der Waals surface area contributed by atoms with Crippen molar-refractivity contribution in [3.8, 4) is 5.75 Å². The van der Waals surface area contributed by atoms with Gasteiger partial charge in [-0.15, -0.1) is 0 Å². The molecule has 5 nitrogen and oxygen atoms in total. The number of ether oxygens (including phenoxy) is 1. The number of hydrogen-bond donors (Lipinski definition) is 1. The van der Waals surface area contributed by atoms with Crippen molar-refractivity contribution in [2.24, 2.45) is 5.92 Å². The molecule has 1 aliphatic heterocycles. The van der Waals surface area contributed by atoms with E-state index in [0.717, 1.165) is 5.56 Å². The number of amides is 2. The van der Waals surface area contributed by atoms with Crippen molar-refractivity contribution in [3.05, 3.63) is 53.1 Å². The number of carbonyl (C=O) groups excluding carboxylic acids is 2. The van der Waals surface area contributed by atoms with Crippen LogP contribution in [0.5, 0.6) is 5.75 Å². The number of benzene rings is 2. The molecule has 1 N–H and O–H groups in total. The fraction of sp³-hybridized carbons (Fsp3) is 0.333. The normalized spacial score (nSPS) is 16.1. The molecular formula is C21H23ClN2O3. The van der Waals surface area contributed by atoms with E-state index in [-0.39, 0.29) is 17.7 Å². The number of nitrogens with one attached hydrogen (secondary N) is 1. The summed E-state index contributed by atoms with van der Waals surface area (Å²) in [5, 5.41) is 3.51. The Morgan fingerprint density at radius 3 is 2.74 bits per heavy atom. The van der Waals surface area contributed by atoms with Crippen LogP contribution >= 0.6 is 11.6 Å². The summed E-state index contributed by atoms with van der Waals surface area (Å²) in [6, 6.07) is 12.8. The molecule has 2 amide bonds. The van der Waals surface area contributed by atoms with Crippen molar-refractivity contribution in [1.82, 2.24) is 0 Å². The van der Waals surface area contributed by atoms with E-state index in [1.807, 2.05) is 32.0 Å². The van der Waals surface area contributed by atoms with Crippen LogP contribution in [0, 0.1) is 5.92 Å². The van der Waals surface area contributed by atoms with Gasteiger partial charge in [0.15, 0.2) is 6.10 Å². The first kappa shape index (κ1) is 19.2. The summed E-state index contributed by atoms with van der Waals surface area (Å²) in [6.07, 6.45) is -0.131. The molecule has 0 fully saturated rings. The number of fused-ring (bicyclic) bond motifs is 1. The zero-order valence-corrected chi connectivity index (χ0v) is 16.4. The van der Waals surface area contributed by atoms with E-state index >= 15 is 0 Å². The number of carbonyl (C=O) groups is 2. The molecule has 0 bridgehead atoms. The molecule has 0 aromatic heterocycles. The Morgan fingerprint density at radius 2 is 2.04 bits per heavy atom. The highest BCUT2D eigenvalue weighted by molar-refractivity contribution is 6.30. The first-order valence-electron chi connectivity index (χ1n) is 9.00. The summed E-state index contributed by atoms with van der Waals surface area (Å²) in [5.74, 6) is 0.703. The lowest BCUT2D eigenvalue weighted by Gasteiger charge is -2.33. The molecule has 142 valence electrons. The van der Waals surface area contributed by atoms with Gasteiger partial charge in [0, 0.05) is 17.1 Å². The summed E-state index contributed by atoms with van der Waals surface area (Å²) in [5.41, 5.74) is 2.20. The number of rotatable bonds is 5. The molecule has 1 aliphatic rings. The topological polar surface area (TPSA) is 58.6 Å². The Hall–Kier alpha value is -2.53. The summed E-state index contributed by atoms with van der Waals surface area (Å²) in [4.78, 5) is 26.5. The minimum absolute atomic E-state index is 0.0530. The Kier molecular flexibility index (Phi) is 5.71. The van der Waals surface area contributed by atoms with Crippen LogP contribution in [0.1, 0.15) is 32.8 Å². The van der Waals surface area contributed by atoms with Crippen LogP contribution in [-0.4, -0.2) is 17.9 Å². The fourth-order valence-electron chi connectivity index (χ4n) is 3.05. The van der Waals surface area contributed by atoms with E-state index < -0.39 is 6.10 Å². The van der Waals surface area contributed by atoms with Crippen LogP contribution < -0.4 is 15.0 Å². The van der Waals surface area contributed by atoms with Crippen molar-refractivity contribution >= 4 is 34.8 Å². The zero-order valence-electron chi connectivity index (χ0n) is 15.7. The van der Waals surface area contributed by atoms with Gasteiger partial charge in [0.1, 0.15) is 5.75 Å². The fourth-order valence-corrected chi connectivity index (χ4v) is 3.26. The molecule has 2 aromatic carbocycles. The smallest absolute Gasteiger partial charge is 0.268 e. The van der Waals surface area contributed by atoms with Gasteiger partial charge in [-0.25, -0.2) is 0 Å². The molecule has 1 unspecified atom stereocenters. The average Bonchev–Trinajstić information content (AvgIpc) is 2.59. The van der Waals surface area contributed by atoms with Gasteiger partial charge in [-0.2, -0.15) is 0 Å². The Labute approximate surface area is 164 Å². The van der Waals surface area contributed by atoms with Gasteiger partial charge >= 0.3 is 0 Å². The second-order valence-corrected chi connectivity index (χ2v) is 7.58. The van der Waals surface area contributed by atoms with Gasteiger partial charge in [-0.3, -0.25) is 9.59 Å². The first-order chi connectivity index (χ1) is 12.8. The van der Waals surface area contributed by atoms with Crippen molar-refractivity contribution < 1.29 is 14.3 Å². The highest BCUT2D eigenvalue weighted by atomic mass is 35.5. The minimum Gasteiger partial charge on any atom is -0.479 e. The molecule has 0 spiro atoms. The molecular weight excluding hydrogens is 364 g/mol. The van der Waals surface area contributed by atoms with Crippen molar-refractivity contribution in [3.63, 3.8) is 0 Å². The lowest BCUT2D eigenvalue weighted by Crippen LogP contribution is -2.44. The van der Waals surface area contributed by atoms with Crippen molar-refractivity contribution in [2.75, 3.05) is 10.2 Å². The predicted octanol–water partition coefficient (Wildman–Crippen LogP) is 4.64. The van der Waals surface area contributed by atoms with Crippen LogP contribution in [0.4, 0.5) is 11.4 Å². The third-order valence-electron chi connectivity index (χ3n) is 4.27. The summed E-state index contributed by atoms with van der Waals surface area (Å²) in [7, 11) is 0. The third kappa shape index (κ3) is 4.61. The maximum Gasteiger partial charge on any atom is 0.268 e. The average molecular weight is 387 g/mol. The highest BCUT2D eigenvalue weighted by Crippen LogP contribution is 2.37. The Morgan fingerprint density at radius 1 is 1.26 bits per heavy atom. The van der Waals surface area contributed by atoms with Crippen LogP contribution in [0.15, 0.2) is 42.5 Å². The van der Waals surface area contributed by atoms with Crippen LogP contribution in [0.2, 0.25) is 5.02 Å². The SMILES string of the molecule is CC(C)CC(=O)Nc1ccc2c(c1)N(Cc1cccc(Cl)c1)C(=O)C(C)O2. The largest absolute Gasteiger partial charge is 0.479 e. The zero-order chi connectivity index (χ0) is 19.6. The van der Waals surface area contributed by atoms with Gasteiger partial charge in [0.2, 0.25) is 5.91 Å². The van der Waals surface area contributed by atoms with Crippen molar-refractivity contribution in [1.29, 1.82) is 0 Å². The molecule has 0 aliphatic carbocycles. The summed E-state index contributed by atoms with van der Waals surface area (Å²) in [6.45, 7) is 6.10. The first-order valence-corrected chi connectivity index (χ1v) is 9.37. The molecule has 1 heterocycles. The molecule has 6 heteroatoms. The van der Waals surface area contributed by atoms with Gasteiger partial charge in [0.25, 0.3) is 5.91 Å². The van der Waals surface area contributed by atoms with Crippen molar-refractivity contribution in [2.45, 2.75) is 39.8 Å². The Balaban J connectivity index is 1.90. The van der Waals surface area contributed by atoms with Gasteiger partial charge in [-0.1, -0.05) is 37.6 Å². The molecule has 2 aromatic rings. The molecule has 1 atom stereocenters. The standard InChI is InChI=1S/C21H23ClN2O3/c1-13(2)9-20(25)23-17-7-8-19-18(11-17)24(21(26)14(3)27-19)12-15-5-4-6-16(22)10-15/h4-8,10-11,13-14H,9,12H2,1-3H3,(H,23,25). The quantitative estimate of drug-likeness (QED) is 0.814. The van der Waals surface area contributed by atoms with E-state index in [4.69, 9.17) is 16.3 Å². The van der Waals surface area contributed by atoms with Gasteiger partial charge in [0.05, 0.1) is 12.2 Å². The van der Waals surface area contributed by atoms with E-state index in [9.17, 15) is 9.59 Å². The van der Waals surface area contributed by atoms with Crippen LogP contribution in [0.25, 0.3) is 0 Å². The van der Waals surface area contributed by atoms with E-state index in [1.54, 1.807) is 36.1 Å². The summed E-state index contributed by atoms with van der Waals surface area (Å²) < 4.78 is 5.73. The second-order valence-electron chi connectivity index (χ2n) is 7.14. The third-order valence-corrected chi connectivity index (χ3v) is 4.51. The predicted molar refractivity (Wildman–Crippen MR) is 107 cm³/mol. The van der Waals surface area contributed by atoms with Crippen LogP contribution in [-0.2, 0) is 16.1 Å². The maximum absolute atomic E-state index is 12.7. The monoisotopic (exact) mass is 386 g/mol. The molecule has 27 heavy (non-hydrogen) atoms. The number of nitrogens with zero attached hydrogens (tertiary/aromatic N) is 1. The molecule has 0 saturated heterocycles. The summed E-state index contributed by atoms with van der Waals surface area (Å²) >= 11 is 6.08. The van der Waals surface area contributed by atoms with Gasteiger partial charge in [-0.05, 0) is 48.7 Å². The molecule has 0 saturated carbocycles. The van der Waals surface area contributed by atoms with Gasteiger partial charge < -0.3 is 15.0 Å². The Bertz CT molecular complexity index is 866. The number of hydrogen-bond acceptors (Lipinski definition) is 3. The van der Waals surface area contributed by atoms with E-state index in [0.29, 0.717) is 35.1 Å². The maximum atomic E-state index is 12.7.